The lowest BCUT2D eigenvalue weighted by Gasteiger charge is -2.46. The van der Waals surface area contributed by atoms with Crippen molar-refractivity contribution in [3.8, 4) is 0 Å². The van der Waals surface area contributed by atoms with E-state index in [4.69, 9.17) is 71.0 Å². The van der Waals surface area contributed by atoms with E-state index in [1.165, 1.54) is 11.3 Å². The molecular weight excluding hydrogens is 920 g/mol. The maximum atomic E-state index is 14.2. The number of anilines is 1. The van der Waals surface area contributed by atoms with Crippen molar-refractivity contribution in [1.29, 1.82) is 0 Å². The van der Waals surface area contributed by atoms with Gasteiger partial charge in [-0.05, 0) is 45.6 Å². The molecule has 31 heteroatoms. The van der Waals surface area contributed by atoms with Crippen molar-refractivity contribution in [3.05, 3.63) is 34.7 Å². The Kier molecular flexibility index (Phi) is 17.2. The lowest BCUT2D eigenvalue weighted by molar-refractivity contribution is -0.192. The highest BCUT2D eigenvalue weighted by molar-refractivity contribution is 6.32. The molecule has 8 rings (SSSR count). The normalized spacial score (nSPS) is 23.9. The first-order valence-corrected chi connectivity index (χ1v) is 22.1. The number of nitrogens with two attached hydrogens (primary N) is 4. The summed E-state index contributed by atoms with van der Waals surface area (Å²) >= 11 is 13.8. The number of piperidine rings is 2. The molecule has 1 aromatic rings. The summed E-state index contributed by atoms with van der Waals surface area (Å²) in [6.07, 6.45) is 3.27. The number of hydrogen-bond acceptors (Lipinski definition) is 23. The number of rotatable bonds is 11. The Hall–Kier alpha value is -5.11. The second-order valence-electron chi connectivity index (χ2n) is 15.9. The number of carboxylic acid groups (broad SMARTS) is 1. The highest BCUT2D eigenvalue weighted by Crippen LogP contribution is 2.35. The molecule has 2 bridgehead atoms. The Labute approximate surface area is 387 Å². The number of alkyl halides is 5. The van der Waals surface area contributed by atoms with Crippen molar-refractivity contribution in [2.24, 2.45) is 32.9 Å². The van der Waals surface area contributed by atoms with Gasteiger partial charge in [-0.15, -0.1) is 0 Å². The number of aliphatic imine (C=N–C) groups is 2. The molecule has 66 heavy (non-hydrogen) atoms. The lowest BCUT2D eigenvalue weighted by Crippen LogP contribution is -2.63. The standard InChI is InChI=1S/C33H56Cl2N22O2.C2HF3O2/c1-40-51-43-16-53-17-44-52-42-15-41-31-24(35)57(22(32(53)59)26(37)47-31)55-13-9-19(10-14-55)30-48-29(49-33(50-30)45-20-5-3-2-4-6-20)18-7-11-54(12-8-18)56-21(28(39)58)25(36)46-27(38)23(56)34;3-2(4,5)1(6)7/h18-20,23-24,40,42-44,51-52H,2-17,36-37H2,1H3,(H2,38,46)(H2,39,58)(H,41,47)(H,45,48,49,50);(H,6,7). The quantitative estimate of drug-likeness (QED) is 0.0486. The fourth-order valence-corrected chi connectivity index (χ4v) is 8.84. The molecule has 2 atom stereocenters. The van der Waals surface area contributed by atoms with E-state index in [0.29, 0.717) is 63.6 Å². The second-order valence-corrected chi connectivity index (χ2v) is 16.7. The van der Waals surface area contributed by atoms with E-state index >= 15 is 0 Å². The number of amides is 2. The van der Waals surface area contributed by atoms with E-state index in [1.54, 1.807) is 17.1 Å². The van der Waals surface area contributed by atoms with E-state index in [0.717, 1.165) is 37.3 Å². The first-order chi connectivity index (χ1) is 31.5. The van der Waals surface area contributed by atoms with Crippen LogP contribution < -0.4 is 66.3 Å². The van der Waals surface area contributed by atoms with Crippen LogP contribution in [0.25, 0.3) is 0 Å². The second kappa shape index (κ2) is 22.6. The number of aromatic nitrogens is 3. The van der Waals surface area contributed by atoms with Crippen molar-refractivity contribution in [3.63, 3.8) is 0 Å². The minimum atomic E-state index is -5.08. The van der Waals surface area contributed by atoms with Gasteiger partial charge in [-0.2, -0.15) is 34.2 Å². The molecule has 17 N–H and O–H groups in total. The van der Waals surface area contributed by atoms with E-state index in [1.807, 2.05) is 5.01 Å². The van der Waals surface area contributed by atoms with Gasteiger partial charge in [0.15, 0.2) is 28.2 Å². The van der Waals surface area contributed by atoms with E-state index in [2.05, 4.69) is 58.4 Å². The predicted molar refractivity (Wildman–Crippen MR) is 234 cm³/mol. The number of primary amides is 1. The van der Waals surface area contributed by atoms with Gasteiger partial charge >= 0.3 is 12.1 Å². The molecule has 0 aromatic carbocycles. The molecule has 1 aromatic heterocycles. The maximum Gasteiger partial charge on any atom is 0.490 e. The summed E-state index contributed by atoms with van der Waals surface area (Å²) < 4.78 is 31.7. The molecule has 3 fully saturated rings. The van der Waals surface area contributed by atoms with Crippen LogP contribution in [-0.2, 0) is 14.4 Å². The number of carbonyl (C=O) groups excluding carboxylic acids is 2. The number of carboxylic acids is 1. The Morgan fingerprint density at radius 3 is 2.03 bits per heavy atom. The van der Waals surface area contributed by atoms with Crippen molar-refractivity contribution in [1.82, 2.24) is 78.0 Å². The van der Waals surface area contributed by atoms with Gasteiger partial charge in [-0.3, -0.25) is 24.6 Å². The third-order valence-corrected chi connectivity index (χ3v) is 12.3. The van der Waals surface area contributed by atoms with Crippen LogP contribution in [0, 0.1) is 0 Å². The molecule has 26 nitrogen and oxygen atoms in total. The van der Waals surface area contributed by atoms with Crippen LogP contribution in [0.1, 0.15) is 81.3 Å². The number of halogens is 5. The number of fused-ring (bicyclic) bond motifs is 9. The number of hydrazine groups is 6. The number of hydrogen-bond donors (Lipinski definition) is 13. The van der Waals surface area contributed by atoms with E-state index in [9.17, 15) is 22.8 Å². The van der Waals surface area contributed by atoms with Gasteiger partial charge in [0.05, 0.1) is 13.3 Å². The predicted octanol–water partition coefficient (Wildman–Crippen LogP) is -2.17. The minimum absolute atomic E-state index is 0.00236. The van der Waals surface area contributed by atoms with E-state index < -0.39 is 29.1 Å². The zero-order valence-corrected chi connectivity index (χ0v) is 37.6. The molecule has 366 valence electrons. The molecule has 7 aliphatic rings. The van der Waals surface area contributed by atoms with Crippen LogP contribution in [-0.4, -0.2) is 151 Å². The summed E-state index contributed by atoms with van der Waals surface area (Å²) in [4.78, 5) is 60.8. The Bertz CT molecular complexity index is 2030. The largest absolute Gasteiger partial charge is 0.490 e. The molecule has 2 unspecified atom stereocenters. The number of carbonyl (C=O) groups is 3. The zero-order chi connectivity index (χ0) is 47.7. The average Bonchev–Trinajstić information content (AvgIpc) is 3.28. The Balaban J connectivity index is 0.000000952. The summed E-state index contributed by atoms with van der Waals surface area (Å²) in [5, 5.41) is 21.1. The molecular formula is C35H57Cl2F3N22O4. The molecule has 2 amide bonds. The van der Waals surface area contributed by atoms with Gasteiger partial charge in [0, 0.05) is 44.1 Å². The number of aliphatic carboxylic acids is 1. The molecule has 2 saturated heterocycles. The summed E-state index contributed by atoms with van der Waals surface area (Å²) in [5.41, 5.74) is 40.2. The fraction of sp³-hybridized carbons (Fsp3) is 0.657. The van der Waals surface area contributed by atoms with Gasteiger partial charge in [0.25, 0.3) is 11.8 Å². The molecule has 0 spiro atoms. The van der Waals surface area contributed by atoms with Crippen molar-refractivity contribution < 1.29 is 32.7 Å². The zero-order valence-electron chi connectivity index (χ0n) is 36.0. The number of nitrogens with zero attached hydrogens (tertiary/aromatic N) is 10. The molecule has 1 saturated carbocycles. The van der Waals surface area contributed by atoms with Crippen molar-refractivity contribution in [2.75, 3.05) is 58.5 Å². The van der Waals surface area contributed by atoms with Crippen LogP contribution in [0.5, 0.6) is 0 Å². The smallest absolute Gasteiger partial charge is 0.475 e. The van der Waals surface area contributed by atoms with E-state index in [-0.39, 0.29) is 72.7 Å². The minimum Gasteiger partial charge on any atom is -0.475 e. The van der Waals surface area contributed by atoms with Crippen LogP contribution in [0.3, 0.4) is 0 Å². The average molecular weight is 978 g/mol. The first kappa shape index (κ1) is 50.3. The van der Waals surface area contributed by atoms with Crippen molar-refractivity contribution >= 4 is 58.6 Å². The third kappa shape index (κ3) is 12.3. The molecule has 1 aliphatic carbocycles. The summed E-state index contributed by atoms with van der Waals surface area (Å²) in [6, 6.07) is 0.287. The fourth-order valence-electron chi connectivity index (χ4n) is 8.23. The monoisotopic (exact) mass is 976 g/mol. The van der Waals surface area contributed by atoms with Crippen LogP contribution >= 0.6 is 23.2 Å². The molecule has 0 radical (unpaired) electrons. The topological polar surface area (TPSA) is 351 Å². The number of nitrogens with one attached hydrogen (secondary N) is 8. The van der Waals surface area contributed by atoms with Gasteiger partial charge < -0.3 is 43.6 Å². The Morgan fingerprint density at radius 1 is 0.879 bits per heavy atom. The summed E-state index contributed by atoms with van der Waals surface area (Å²) in [6.45, 7) is 2.53. The third-order valence-electron chi connectivity index (χ3n) is 11.5. The Morgan fingerprint density at radius 2 is 1.47 bits per heavy atom. The van der Waals surface area contributed by atoms with Crippen LogP contribution in [0.15, 0.2) is 33.0 Å². The maximum absolute atomic E-state index is 14.2. The first-order valence-electron chi connectivity index (χ1n) is 21.3. The molecule has 7 heterocycles. The summed E-state index contributed by atoms with van der Waals surface area (Å²) in [7, 11) is 1.71. The highest BCUT2D eigenvalue weighted by Gasteiger charge is 2.43. The van der Waals surface area contributed by atoms with Gasteiger partial charge in [-0.1, -0.05) is 42.5 Å². The summed E-state index contributed by atoms with van der Waals surface area (Å²) in [5.74, 6) is -1.27. The SMILES string of the molecule is CNNNCN1CNNNCN=C2NC(N)=C(C1=O)N(N1CCC(c3nc(NC4CCCCC4)nc(C4CCN(N5C(C(N)=O)=C(N)N=C(N)C5Cl)CC4)n3)CC1)C2Cl.O=C(O)C(F)(F)F. The van der Waals surface area contributed by atoms with Gasteiger partial charge in [-0.25, -0.2) is 46.5 Å². The van der Waals surface area contributed by atoms with Crippen LogP contribution in [0.4, 0.5) is 19.1 Å². The van der Waals surface area contributed by atoms with Gasteiger partial charge in [0.2, 0.25) is 5.95 Å². The lowest BCUT2D eigenvalue weighted by atomic mass is 9.94. The van der Waals surface area contributed by atoms with Crippen molar-refractivity contribution in [2.45, 2.75) is 92.8 Å². The highest BCUT2D eigenvalue weighted by atomic mass is 35.5. The number of amidine groups is 2. The van der Waals surface area contributed by atoms with Crippen LogP contribution in [0.2, 0.25) is 0 Å². The molecule has 6 aliphatic heterocycles. The van der Waals surface area contributed by atoms with Gasteiger partial charge in [0.1, 0.15) is 35.8 Å².